The largest absolute Gasteiger partial charge is 0.394 e. The molecule has 2 aromatic carbocycles. The smallest absolute Gasteiger partial charge is 0.111 e. The van der Waals surface area contributed by atoms with Gasteiger partial charge in [0.2, 0.25) is 0 Å². The monoisotopic (exact) mass is 368 g/mol. The van der Waals surface area contributed by atoms with Crippen molar-refractivity contribution >= 4 is 23.2 Å². The highest BCUT2D eigenvalue weighted by Crippen LogP contribution is 2.34. The van der Waals surface area contributed by atoms with Crippen LogP contribution in [0.4, 0.5) is 0 Å². The van der Waals surface area contributed by atoms with Crippen LogP contribution in [0.15, 0.2) is 42.5 Å². The molecule has 3 N–H and O–H groups in total. The normalized spacial score (nSPS) is 27.2. The van der Waals surface area contributed by atoms with Gasteiger partial charge in [0, 0.05) is 16.5 Å². The Morgan fingerprint density at radius 3 is 2.38 bits per heavy atom. The molecule has 0 aromatic heterocycles. The van der Waals surface area contributed by atoms with E-state index in [1.54, 1.807) is 18.2 Å². The van der Waals surface area contributed by atoms with Crippen LogP contribution in [0.25, 0.3) is 11.1 Å². The second kappa shape index (κ2) is 7.40. The lowest BCUT2D eigenvalue weighted by molar-refractivity contribution is -0.179. The van der Waals surface area contributed by atoms with Crippen molar-refractivity contribution in [2.24, 2.45) is 0 Å². The molecule has 1 heterocycles. The third-order valence-corrected chi connectivity index (χ3v) is 4.60. The second-order valence-electron chi connectivity index (χ2n) is 5.94. The lowest BCUT2D eigenvalue weighted by Crippen LogP contribution is -2.44. The summed E-state index contributed by atoms with van der Waals surface area (Å²) in [4.78, 5) is 0. The van der Waals surface area contributed by atoms with Gasteiger partial charge in [-0.3, -0.25) is 0 Å². The Hall–Kier alpha value is -1.14. The minimum atomic E-state index is -1.05. The van der Waals surface area contributed by atoms with E-state index >= 15 is 0 Å². The molecular formula is C18H18Cl2O4. The third-order valence-electron chi connectivity index (χ3n) is 4.16. The number of hydrogen-bond acceptors (Lipinski definition) is 4. The van der Waals surface area contributed by atoms with Crippen LogP contribution in [0.5, 0.6) is 0 Å². The zero-order valence-corrected chi connectivity index (χ0v) is 14.3. The zero-order valence-electron chi connectivity index (χ0n) is 12.8. The molecule has 1 aliphatic rings. The fourth-order valence-electron chi connectivity index (χ4n) is 2.96. The maximum Gasteiger partial charge on any atom is 0.111 e. The highest BCUT2D eigenvalue weighted by Gasteiger charge is 2.37. The Morgan fingerprint density at radius 1 is 1.00 bits per heavy atom. The molecule has 1 fully saturated rings. The summed E-state index contributed by atoms with van der Waals surface area (Å²) in [6.45, 7) is -0.204. The van der Waals surface area contributed by atoms with Crippen molar-refractivity contribution < 1.29 is 20.1 Å². The average molecular weight is 369 g/mol. The molecular weight excluding hydrogens is 351 g/mol. The van der Waals surface area contributed by atoms with Crippen molar-refractivity contribution in [3.63, 3.8) is 0 Å². The standard InChI is InChI=1S/C18H18Cl2O4/c19-13-5-12(6-14(20)7-13)10-2-1-3-11(4-10)18-17(23)16(22)8-15(9-21)24-18/h1-7,15-18,21-23H,8-9H2. The summed E-state index contributed by atoms with van der Waals surface area (Å²) >= 11 is 12.1. The van der Waals surface area contributed by atoms with Gasteiger partial charge < -0.3 is 20.1 Å². The predicted octanol–water partition coefficient (Wildman–Crippen LogP) is 3.20. The summed E-state index contributed by atoms with van der Waals surface area (Å²) < 4.78 is 5.73. The summed E-state index contributed by atoms with van der Waals surface area (Å²) in [7, 11) is 0. The number of benzene rings is 2. The molecule has 4 unspecified atom stereocenters. The summed E-state index contributed by atoms with van der Waals surface area (Å²) in [6, 6.07) is 12.7. The number of halogens is 2. The molecule has 4 atom stereocenters. The average Bonchev–Trinajstić information content (AvgIpc) is 2.56. The Kier molecular flexibility index (Phi) is 5.45. The first-order valence-electron chi connectivity index (χ1n) is 7.67. The Balaban J connectivity index is 1.95. The maximum absolute atomic E-state index is 10.3. The fraction of sp³-hybridized carbons (Fsp3) is 0.333. The summed E-state index contributed by atoms with van der Waals surface area (Å²) in [5.41, 5.74) is 2.43. The van der Waals surface area contributed by atoms with Crippen LogP contribution in [-0.4, -0.2) is 40.2 Å². The molecule has 128 valence electrons. The van der Waals surface area contributed by atoms with Gasteiger partial charge in [-0.1, -0.05) is 41.4 Å². The van der Waals surface area contributed by atoms with E-state index in [-0.39, 0.29) is 13.0 Å². The summed E-state index contributed by atoms with van der Waals surface area (Å²) in [5, 5.41) is 30.6. The van der Waals surface area contributed by atoms with Crippen molar-refractivity contribution in [2.45, 2.75) is 30.8 Å². The van der Waals surface area contributed by atoms with Crippen LogP contribution in [0.2, 0.25) is 10.0 Å². The molecule has 2 aromatic rings. The van der Waals surface area contributed by atoms with Crippen molar-refractivity contribution in [3.05, 3.63) is 58.1 Å². The number of aliphatic hydroxyl groups excluding tert-OH is 3. The molecule has 0 aliphatic carbocycles. The lowest BCUT2D eigenvalue weighted by atomic mass is 9.91. The molecule has 24 heavy (non-hydrogen) atoms. The van der Waals surface area contributed by atoms with Crippen LogP contribution in [0, 0.1) is 0 Å². The predicted molar refractivity (Wildman–Crippen MR) is 93.2 cm³/mol. The molecule has 0 amide bonds. The van der Waals surface area contributed by atoms with Gasteiger partial charge in [0.25, 0.3) is 0 Å². The van der Waals surface area contributed by atoms with Gasteiger partial charge in [-0.15, -0.1) is 0 Å². The van der Waals surface area contributed by atoms with Crippen molar-refractivity contribution in [3.8, 4) is 11.1 Å². The van der Waals surface area contributed by atoms with E-state index in [2.05, 4.69) is 0 Å². The first-order chi connectivity index (χ1) is 11.5. The van der Waals surface area contributed by atoms with Crippen LogP contribution < -0.4 is 0 Å². The lowest BCUT2D eigenvalue weighted by Gasteiger charge is -2.37. The number of hydrogen-bond donors (Lipinski definition) is 3. The van der Waals surface area contributed by atoms with Crippen molar-refractivity contribution in [2.75, 3.05) is 6.61 Å². The van der Waals surface area contributed by atoms with Crippen LogP contribution in [-0.2, 0) is 4.74 Å². The molecule has 0 radical (unpaired) electrons. The fourth-order valence-corrected chi connectivity index (χ4v) is 3.49. The maximum atomic E-state index is 10.3. The van der Waals surface area contributed by atoms with Gasteiger partial charge in [0.05, 0.1) is 18.8 Å². The highest BCUT2D eigenvalue weighted by atomic mass is 35.5. The van der Waals surface area contributed by atoms with Crippen LogP contribution in [0.3, 0.4) is 0 Å². The van der Waals surface area contributed by atoms with Crippen LogP contribution >= 0.6 is 23.2 Å². The van der Waals surface area contributed by atoms with E-state index in [0.29, 0.717) is 15.6 Å². The van der Waals surface area contributed by atoms with Crippen molar-refractivity contribution in [1.82, 2.24) is 0 Å². The Bertz CT molecular complexity index is 702. The Morgan fingerprint density at radius 2 is 1.71 bits per heavy atom. The number of aliphatic hydroxyl groups is 3. The van der Waals surface area contributed by atoms with E-state index in [4.69, 9.17) is 27.9 Å². The highest BCUT2D eigenvalue weighted by molar-refractivity contribution is 6.35. The van der Waals surface area contributed by atoms with Gasteiger partial charge >= 0.3 is 0 Å². The quantitative estimate of drug-likeness (QED) is 0.777. The topological polar surface area (TPSA) is 69.9 Å². The minimum absolute atomic E-state index is 0.204. The first kappa shape index (κ1) is 17.7. The SMILES string of the molecule is OCC1CC(O)C(O)C(c2cccc(-c3cc(Cl)cc(Cl)c3)c2)O1. The van der Waals surface area contributed by atoms with Crippen molar-refractivity contribution in [1.29, 1.82) is 0 Å². The molecule has 0 bridgehead atoms. The molecule has 4 nitrogen and oxygen atoms in total. The van der Waals surface area contributed by atoms with Gasteiger partial charge in [-0.05, 0) is 41.0 Å². The van der Waals surface area contributed by atoms with Gasteiger partial charge in [0.1, 0.15) is 12.2 Å². The van der Waals surface area contributed by atoms with Crippen LogP contribution in [0.1, 0.15) is 18.1 Å². The summed E-state index contributed by atoms with van der Waals surface area (Å²) in [5.74, 6) is 0. The molecule has 3 rings (SSSR count). The molecule has 0 spiro atoms. The molecule has 1 aliphatic heterocycles. The minimum Gasteiger partial charge on any atom is -0.394 e. The van der Waals surface area contributed by atoms with E-state index in [1.165, 1.54) is 0 Å². The zero-order chi connectivity index (χ0) is 17.3. The molecule has 6 heteroatoms. The first-order valence-corrected chi connectivity index (χ1v) is 8.42. The molecule has 0 saturated carbocycles. The molecule has 1 saturated heterocycles. The number of ether oxygens (including phenoxy) is 1. The van der Waals surface area contributed by atoms with E-state index in [0.717, 1.165) is 11.1 Å². The number of rotatable bonds is 3. The van der Waals surface area contributed by atoms with Gasteiger partial charge in [-0.25, -0.2) is 0 Å². The van der Waals surface area contributed by atoms with E-state index in [1.807, 2.05) is 24.3 Å². The van der Waals surface area contributed by atoms with Gasteiger partial charge in [0.15, 0.2) is 0 Å². The van der Waals surface area contributed by atoms with E-state index in [9.17, 15) is 15.3 Å². The summed E-state index contributed by atoms with van der Waals surface area (Å²) in [6.07, 6.45) is -2.99. The third kappa shape index (κ3) is 3.75. The second-order valence-corrected chi connectivity index (χ2v) is 6.81. The Labute approximate surface area is 150 Å². The van der Waals surface area contributed by atoms with E-state index < -0.39 is 24.4 Å². The van der Waals surface area contributed by atoms with Gasteiger partial charge in [-0.2, -0.15) is 0 Å².